The number of carbonyl (C=O) groups is 1. The topological polar surface area (TPSA) is 70.8 Å². The van der Waals surface area contributed by atoms with Crippen molar-refractivity contribution in [3.63, 3.8) is 0 Å². The molecule has 3 rings (SSSR count). The third kappa shape index (κ3) is 3.76. The van der Waals surface area contributed by atoms with Gasteiger partial charge in [-0.05, 0) is 24.3 Å². The fourth-order valence-corrected chi connectivity index (χ4v) is 2.86. The number of hydrogen-bond donors (Lipinski definition) is 0. The number of fused-ring (bicyclic) bond motifs is 1. The molecule has 2 aromatic carbocycles. The van der Waals surface area contributed by atoms with E-state index in [0.717, 1.165) is 15.4 Å². The normalized spacial score (nSPS) is 10.7. The summed E-state index contributed by atoms with van der Waals surface area (Å²) in [5, 5.41) is 4.75. The van der Waals surface area contributed by atoms with Crippen molar-refractivity contribution in [1.82, 2.24) is 5.16 Å². The monoisotopic (exact) mass is 405 g/mol. The number of benzene rings is 2. The minimum Gasteiger partial charge on any atom is -0.493 e. The third-order valence-electron chi connectivity index (χ3n) is 3.71. The van der Waals surface area contributed by atoms with E-state index in [9.17, 15) is 4.79 Å². The summed E-state index contributed by atoms with van der Waals surface area (Å²) in [6.07, 6.45) is 0.0436. The van der Waals surface area contributed by atoms with Crippen LogP contribution in [0.4, 0.5) is 0 Å². The molecule has 1 aromatic heterocycles. The van der Waals surface area contributed by atoms with Crippen LogP contribution in [-0.4, -0.2) is 25.3 Å². The van der Waals surface area contributed by atoms with E-state index in [4.69, 9.17) is 18.7 Å². The number of aromatic nitrogens is 1. The Bertz CT molecular complexity index is 906. The van der Waals surface area contributed by atoms with E-state index in [1.165, 1.54) is 0 Å². The first-order chi connectivity index (χ1) is 12.1. The van der Waals surface area contributed by atoms with Gasteiger partial charge in [0.15, 0.2) is 17.1 Å². The van der Waals surface area contributed by atoms with Crippen LogP contribution < -0.4 is 9.47 Å². The molecular formula is C18H16BrNO5. The summed E-state index contributed by atoms with van der Waals surface area (Å²) in [6, 6.07) is 10.9. The molecule has 130 valence electrons. The molecule has 1 heterocycles. The molecule has 0 saturated heterocycles. The molecular weight excluding hydrogens is 390 g/mol. The molecule has 0 fully saturated rings. The Hall–Kier alpha value is -2.54. The molecule has 0 aliphatic rings. The molecule has 0 atom stereocenters. The van der Waals surface area contributed by atoms with Crippen molar-refractivity contribution >= 4 is 32.9 Å². The highest BCUT2D eigenvalue weighted by atomic mass is 79.9. The average Bonchev–Trinajstić information content (AvgIpc) is 3.03. The van der Waals surface area contributed by atoms with Gasteiger partial charge in [-0.25, -0.2) is 0 Å². The molecule has 0 spiro atoms. The lowest BCUT2D eigenvalue weighted by Crippen LogP contribution is -2.09. The van der Waals surface area contributed by atoms with Gasteiger partial charge in [-0.1, -0.05) is 33.2 Å². The first-order valence-corrected chi connectivity index (χ1v) is 8.31. The van der Waals surface area contributed by atoms with Crippen LogP contribution >= 0.6 is 15.9 Å². The van der Waals surface area contributed by atoms with Gasteiger partial charge in [0.05, 0.1) is 20.6 Å². The van der Waals surface area contributed by atoms with Crippen molar-refractivity contribution in [1.29, 1.82) is 0 Å². The number of ether oxygens (including phenoxy) is 3. The van der Waals surface area contributed by atoms with Crippen LogP contribution in [0.2, 0.25) is 0 Å². The molecule has 0 amide bonds. The highest BCUT2D eigenvalue weighted by Gasteiger charge is 2.15. The molecule has 3 aromatic rings. The second-order valence-electron chi connectivity index (χ2n) is 5.26. The van der Waals surface area contributed by atoms with Gasteiger partial charge in [-0.2, -0.15) is 0 Å². The van der Waals surface area contributed by atoms with Crippen LogP contribution in [0.25, 0.3) is 11.0 Å². The smallest absolute Gasteiger partial charge is 0.312 e. The molecule has 0 aliphatic carbocycles. The number of nitrogens with zero attached hydrogens (tertiary/aromatic N) is 1. The predicted molar refractivity (Wildman–Crippen MR) is 94.8 cm³/mol. The summed E-state index contributed by atoms with van der Waals surface area (Å²) in [7, 11) is 3.11. The van der Waals surface area contributed by atoms with Crippen molar-refractivity contribution in [2.75, 3.05) is 14.2 Å². The van der Waals surface area contributed by atoms with Gasteiger partial charge in [0.1, 0.15) is 12.3 Å². The van der Waals surface area contributed by atoms with Crippen molar-refractivity contribution in [3.05, 3.63) is 52.1 Å². The van der Waals surface area contributed by atoms with Crippen LogP contribution in [0.3, 0.4) is 0 Å². The molecule has 0 N–H and O–H groups in total. The third-order valence-corrected chi connectivity index (χ3v) is 4.44. The van der Waals surface area contributed by atoms with Gasteiger partial charge >= 0.3 is 5.97 Å². The lowest BCUT2D eigenvalue weighted by atomic mass is 10.2. The van der Waals surface area contributed by atoms with Crippen molar-refractivity contribution < 1.29 is 23.5 Å². The van der Waals surface area contributed by atoms with Crippen LogP contribution in [0.1, 0.15) is 11.3 Å². The van der Waals surface area contributed by atoms with Crippen LogP contribution in [0.15, 0.2) is 45.4 Å². The number of para-hydroxylation sites is 1. The van der Waals surface area contributed by atoms with E-state index in [0.29, 0.717) is 22.8 Å². The number of halogens is 1. The zero-order chi connectivity index (χ0) is 17.8. The maximum absolute atomic E-state index is 12.1. The zero-order valence-corrected chi connectivity index (χ0v) is 15.3. The van der Waals surface area contributed by atoms with E-state index in [2.05, 4.69) is 21.1 Å². The SMILES string of the molecule is COc1cc(Br)c(COC(=O)Cc2noc3ccccc23)cc1OC. The summed E-state index contributed by atoms with van der Waals surface area (Å²) in [6.45, 7) is 0.107. The van der Waals surface area contributed by atoms with Crippen molar-refractivity contribution in [3.8, 4) is 11.5 Å². The van der Waals surface area contributed by atoms with E-state index >= 15 is 0 Å². The Kier molecular flexibility index (Phi) is 5.23. The predicted octanol–water partition coefficient (Wildman–Crippen LogP) is 3.89. The fourth-order valence-electron chi connectivity index (χ4n) is 2.42. The Balaban J connectivity index is 1.68. The van der Waals surface area contributed by atoms with Crippen molar-refractivity contribution in [2.24, 2.45) is 0 Å². The first-order valence-electron chi connectivity index (χ1n) is 7.51. The molecule has 7 heteroatoms. The highest BCUT2D eigenvalue weighted by Crippen LogP contribution is 2.33. The quantitative estimate of drug-likeness (QED) is 0.579. The molecule has 0 saturated carbocycles. The van der Waals surface area contributed by atoms with Gasteiger partial charge < -0.3 is 18.7 Å². The lowest BCUT2D eigenvalue weighted by molar-refractivity contribution is -0.144. The second kappa shape index (κ2) is 7.57. The van der Waals surface area contributed by atoms with E-state index in [1.807, 2.05) is 18.2 Å². The van der Waals surface area contributed by atoms with E-state index in [1.54, 1.807) is 32.4 Å². The Labute approximate surface area is 152 Å². The van der Waals surface area contributed by atoms with E-state index < -0.39 is 0 Å². The van der Waals surface area contributed by atoms with Gasteiger partial charge in [0, 0.05) is 15.4 Å². The molecule has 0 radical (unpaired) electrons. The molecule has 0 bridgehead atoms. The minimum absolute atomic E-state index is 0.0436. The molecule has 0 aliphatic heterocycles. The Morgan fingerprint density at radius 1 is 1.16 bits per heavy atom. The average molecular weight is 406 g/mol. The van der Waals surface area contributed by atoms with Gasteiger partial charge in [0.2, 0.25) is 0 Å². The minimum atomic E-state index is -0.388. The van der Waals surface area contributed by atoms with Gasteiger partial charge in [-0.3, -0.25) is 4.79 Å². The maximum Gasteiger partial charge on any atom is 0.312 e. The summed E-state index contributed by atoms with van der Waals surface area (Å²) in [5.41, 5.74) is 1.98. The molecule has 25 heavy (non-hydrogen) atoms. The van der Waals surface area contributed by atoms with Crippen LogP contribution in [0.5, 0.6) is 11.5 Å². The number of carbonyl (C=O) groups excluding carboxylic acids is 1. The highest BCUT2D eigenvalue weighted by molar-refractivity contribution is 9.10. The summed E-state index contributed by atoms with van der Waals surface area (Å²) in [4.78, 5) is 12.1. The lowest BCUT2D eigenvalue weighted by Gasteiger charge is -2.12. The van der Waals surface area contributed by atoms with Crippen molar-refractivity contribution in [2.45, 2.75) is 13.0 Å². The van der Waals surface area contributed by atoms with Gasteiger partial charge in [-0.15, -0.1) is 0 Å². The number of esters is 1. The zero-order valence-electron chi connectivity index (χ0n) is 13.7. The van der Waals surface area contributed by atoms with Crippen LogP contribution in [0, 0.1) is 0 Å². The second-order valence-corrected chi connectivity index (χ2v) is 6.12. The molecule has 0 unspecified atom stereocenters. The fraction of sp³-hybridized carbons (Fsp3) is 0.222. The maximum atomic E-state index is 12.1. The standard InChI is InChI=1S/C18H16BrNO5/c1-22-16-7-11(13(19)8-17(16)23-2)10-24-18(21)9-14-12-5-3-4-6-15(12)25-20-14/h3-8H,9-10H2,1-2H3. The molecule has 6 nitrogen and oxygen atoms in total. The first kappa shape index (κ1) is 17.3. The number of rotatable bonds is 6. The van der Waals surface area contributed by atoms with E-state index in [-0.39, 0.29) is 19.0 Å². The summed E-state index contributed by atoms with van der Waals surface area (Å²) in [5.74, 6) is 0.776. The largest absolute Gasteiger partial charge is 0.493 e. The summed E-state index contributed by atoms with van der Waals surface area (Å²) < 4.78 is 21.8. The number of methoxy groups -OCH3 is 2. The Morgan fingerprint density at radius 2 is 1.88 bits per heavy atom. The number of hydrogen-bond acceptors (Lipinski definition) is 6. The van der Waals surface area contributed by atoms with Gasteiger partial charge in [0.25, 0.3) is 0 Å². The van der Waals surface area contributed by atoms with Crippen LogP contribution in [-0.2, 0) is 22.6 Å². The Morgan fingerprint density at radius 3 is 2.64 bits per heavy atom. The summed E-state index contributed by atoms with van der Waals surface area (Å²) >= 11 is 3.44.